The molecule has 126 valence electrons. The van der Waals surface area contributed by atoms with Gasteiger partial charge in [-0.05, 0) is 32.6 Å². The average molecular weight is 307 g/mol. The molecule has 0 heterocycles. The summed E-state index contributed by atoms with van der Waals surface area (Å²) in [7, 11) is 1.61. The zero-order valence-electron chi connectivity index (χ0n) is 12.2. The zero-order chi connectivity index (χ0) is 15.4. The van der Waals surface area contributed by atoms with E-state index in [1.807, 2.05) is 0 Å². The minimum absolute atomic E-state index is 0. The van der Waals surface area contributed by atoms with Crippen LogP contribution in [0.15, 0.2) is 0 Å². The second-order valence-corrected chi connectivity index (χ2v) is 4.72. The van der Waals surface area contributed by atoms with E-state index in [-0.39, 0.29) is 33.6 Å². The molecular formula is C15H30O6. The van der Waals surface area contributed by atoms with Crippen LogP contribution in [0.5, 0.6) is 0 Å². The number of hydrogen-bond donors (Lipinski definition) is 1. The highest BCUT2D eigenvalue weighted by Crippen LogP contribution is 2.13. The van der Waals surface area contributed by atoms with Crippen molar-refractivity contribution < 1.29 is 30.4 Å². The third kappa shape index (κ3) is 13.3. The molecule has 1 N–H and O–H groups in total. The van der Waals surface area contributed by atoms with E-state index in [0.29, 0.717) is 25.9 Å². The van der Waals surface area contributed by atoms with Gasteiger partial charge in [-0.3, -0.25) is 14.4 Å². The second-order valence-electron chi connectivity index (χ2n) is 4.72. The number of hydrogen-bond acceptors (Lipinski definition) is 5. The Kier molecular flexibility index (Phi) is 14.1. The third-order valence-electron chi connectivity index (χ3n) is 2.94. The summed E-state index contributed by atoms with van der Waals surface area (Å²) in [6.45, 7) is 2.24. The van der Waals surface area contributed by atoms with Crippen LogP contribution >= 0.6 is 0 Å². The lowest BCUT2D eigenvalue weighted by atomic mass is 9.96. The van der Waals surface area contributed by atoms with E-state index in [1.54, 1.807) is 7.11 Å². The first-order chi connectivity index (χ1) is 9.47. The Morgan fingerprint density at radius 2 is 1.81 bits per heavy atom. The average Bonchev–Trinajstić information content (AvgIpc) is 2.37. The van der Waals surface area contributed by atoms with Crippen LogP contribution in [-0.2, 0) is 23.9 Å². The minimum atomic E-state index is -0.986. The van der Waals surface area contributed by atoms with Crippen LogP contribution < -0.4 is 0 Å². The van der Waals surface area contributed by atoms with Crippen molar-refractivity contribution >= 4 is 17.7 Å². The maximum Gasteiger partial charge on any atom is 0.305 e. The number of unbranched alkanes of at least 4 members (excludes halogenated alkanes) is 1. The summed E-state index contributed by atoms with van der Waals surface area (Å²) < 4.78 is 9.89. The number of Topliss-reactive ketones (excluding diaryl/α,β-unsaturated/α-hetero) is 1. The number of carboxylic acids is 1. The summed E-state index contributed by atoms with van der Waals surface area (Å²) in [5.74, 6) is -1.88. The van der Waals surface area contributed by atoms with Crippen molar-refractivity contribution in [3.8, 4) is 0 Å². The summed E-state index contributed by atoms with van der Waals surface area (Å²) in [6, 6.07) is 0. The topological polar surface area (TPSA) is 89.9 Å². The first-order valence-electron chi connectivity index (χ1n) is 6.84. The van der Waals surface area contributed by atoms with Gasteiger partial charge in [-0.2, -0.15) is 0 Å². The summed E-state index contributed by atoms with van der Waals surface area (Å²) in [6.07, 6.45) is 2.66. The van der Waals surface area contributed by atoms with Crippen molar-refractivity contribution in [2.45, 2.75) is 52.9 Å². The molecule has 6 heteroatoms. The Morgan fingerprint density at radius 3 is 2.33 bits per heavy atom. The number of ether oxygens (including phenoxy) is 2. The fourth-order valence-corrected chi connectivity index (χ4v) is 1.76. The molecule has 0 aliphatic carbocycles. The predicted octanol–water partition coefficient (Wildman–Crippen LogP) is 2.69. The summed E-state index contributed by atoms with van der Waals surface area (Å²) in [4.78, 5) is 33.1. The van der Waals surface area contributed by atoms with E-state index in [4.69, 9.17) is 14.6 Å². The molecule has 0 rings (SSSR count). The van der Waals surface area contributed by atoms with Gasteiger partial charge in [0.1, 0.15) is 5.78 Å². The molecule has 6 nitrogen and oxygen atoms in total. The molecule has 0 saturated carbocycles. The monoisotopic (exact) mass is 307 g/mol. The highest BCUT2D eigenvalue weighted by atomic mass is 16.5. The van der Waals surface area contributed by atoms with E-state index in [9.17, 15) is 14.4 Å². The highest BCUT2D eigenvalue weighted by Gasteiger charge is 2.17. The van der Waals surface area contributed by atoms with Crippen LogP contribution in [0.2, 0.25) is 0 Å². The molecule has 0 aromatic rings. The number of carbonyl (C=O) groups is 3. The predicted molar refractivity (Wildman–Crippen MR) is 81.2 cm³/mol. The lowest BCUT2D eigenvalue weighted by Crippen LogP contribution is -2.17. The van der Waals surface area contributed by atoms with Gasteiger partial charge in [0.25, 0.3) is 0 Å². The standard InChI is InChI=1S/C14H24O6.CH4.H2/c1-11(15)12(10-13(16)17)6-5-9-20-14(18)7-3-4-8-19-2;;/h12H,3-10H2,1-2H3,(H,16,17);1H4;1H/i;;1+1. The minimum Gasteiger partial charge on any atom is -0.481 e. The quantitative estimate of drug-likeness (QED) is 0.440. The van der Waals surface area contributed by atoms with Crippen LogP contribution in [0, 0.1) is 5.92 Å². The van der Waals surface area contributed by atoms with Crippen molar-refractivity contribution in [3.05, 3.63) is 0 Å². The number of methoxy groups -OCH3 is 1. The van der Waals surface area contributed by atoms with Gasteiger partial charge in [0.2, 0.25) is 0 Å². The molecule has 0 spiro atoms. The molecular weight excluding hydrogens is 276 g/mol. The third-order valence-corrected chi connectivity index (χ3v) is 2.94. The molecule has 21 heavy (non-hydrogen) atoms. The molecule has 0 radical (unpaired) electrons. The molecule has 1 unspecified atom stereocenters. The number of esters is 1. The van der Waals surface area contributed by atoms with Crippen LogP contribution in [-0.4, -0.2) is 43.2 Å². The Balaban J connectivity index is -0.00000180. The normalized spacial score (nSPS) is 11.3. The second kappa shape index (κ2) is 13.5. The van der Waals surface area contributed by atoms with Crippen molar-refractivity contribution in [1.82, 2.24) is 0 Å². The first kappa shape index (κ1) is 21.9. The SMILES string of the molecule is C.COCCCCC(=O)OCCCC(CC(=O)O)C(C)=O.[2HH]. The molecule has 0 aliphatic heterocycles. The number of ketones is 1. The van der Waals surface area contributed by atoms with Crippen molar-refractivity contribution in [3.63, 3.8) is 0 Å². The Hall–Kier alpha value is -1.43. The number of aliphatic carboxylic acids is 1. The van der Waals surface area contributed by atoms with Gasteiger partial charge in [-0.15, -0.1) is 0 Å². The Morgan fingerprint density at radius 1 is 1.14 bits per heavy atom. The van der Waals surface area contributed by atoms with Crippen molar-refractivity contribution in [1.29, 1.82) is 0 Å². The van der Waals surface area contributed by atoms with Crippen LogP contribution in [0.1, 0.15) is 54.3 Å². The van der Waals surface area contributed by atoms with Gasteiger partial charge in [-0.25, -0.2) is 0 Å². The molecule has 0 bridgehead atoms. The summed E-state index contributed by atoms with van der Waals surface area (Å²) in [5.41, 5.74) is 0. The molecule has 0 aromatic carbocycles. The number of carboxylic acid groups (broad SMARTS) is 1. The van der Waals surface area contributed by atoms with Crippen LogP contribution in [0.25, 0.3) is 0 Å². The first-order valence-corrected chi connectivity index (χ1v) is 6.84. The van der Waals surface area contributed by atoms with E-state index in [2.05, 4.69) is 0 Å². The van der Waals surface area contributed by atoms with E-state index in [0.717, 1.165) is 12.8 Å². The van der Waals surface area contributed by atoms with Crippen LogP contribution in [0.4, 0.5) is 0 Å². The van der Waals surface area contributed by atoms with Gasteiger partial charge in [0.15, 0.2) is 0 Å². The molecule has 0 aliphatic rings. The largest absolute Gasteiger partial charge is 0.481 e. The van der Waals surface area contributed by atoms with Gasteiger partial charge >= 0.3 is 11.9 Å². The van der Waals surface area contributed by atoms with Gasteiger partial charge in [-0.1, -0.05) is 7.43 Å². The summed E-state index contributed by atoms with van der Waals surface area (Å²) in [5, 5.41) is 8.67. The smallest absolute Gasteiger partial charge is 0.305 e. The fourth-order valence-electron chi connectivity index (χ4n) is 1.76. The molecule has 0 fully saturated rings. The van der Waals surface area contributed by atoms with Gasteiger partial charge in [0, 0.05) is 27.5 Å². The molecule has 1 atom stereocenters. The fraction of sp³-hybridized carbons (Fsp3) is 0.800. The van der Waals surface area contributed by atoms with E-state index >= 15 is 0 Å². The molecule has 0 saturated heterocycles. The molecule has 0 aromatic heterocycles. The van der Waals surface area contributed by atoms with Crippen molar-refractivity contribution in [2.24, 2.45) is 5.92 Å². The van der Waals surface area contributed by atoms with Gasteiger partial charge < -0.3 is 14.6 Å². The Labute approximate surface area is 128 Å². The maximum absolute atomic E-state index is 11.3. The number of carbonyl (C=O) groups excluding carboxylic acids is 2. The lowest BCUT2D eigenvalue weighted by molar-refractivity contribution is -0.144. The van der Waals surface area contributed by atoms with E-state index in [1.165, 1.54) is 6.92 Å². The summed E-state index contributed by atoms with van der Waals surface area (Å²) >= 11 is 0. The molecule has 0 amide bonds. The van der Waals surface area contributed by atoms with Crippen LogP contribution in [0.3, 0.4) is 0 Å². The zero-order valence-corrected chi connectivity index (χ0v) is 12.2. The Bertz CT molecular complexity index is 319. The van der Waals surface area contributed by atoms with E-state index < -0.39 is 11.9 Å². The van der Waals surface area contributed by atoms with Crippen molar-refractivity contribution in [2.75, 3.05) is 20.3 Å². The maximum atomic E-state index is 11.3. The number of rotatable bonds is 12. The van der Waals surface area contributed by atoms with Gasteiger partial charge in [0.05, 0.1) is 13.0 Å². The highest BCUT2D eigenvalue weighted by molar-refractivity contribution is 5.82. The lowest BCUT2D eigenvalue weighted by Gasteiger charge is -2.11.